The lowest BCUT2D eigenvalue weighted by Gasteiger charge is -2.15. The molecule has 0 spiro atoms. The summed E-state index contributed by atoms with van der Waals surface area (Å²) in [6.07, 6.45) is 4.71. The number of nitrogens with one attached hydrogen (secondary N) is 1. The zero-order valence-electron chi connectivity index (χ0n) is 14.9. The molecule has 0 aliphatic heterocycles. The minimum atomic E-state index is -3.74. The van der Waals surface area contributed by atoms with Crippen molar-refractivity contribution in [2.75, 3.05) is 18.9 Å². The highest BCUT2D eigenvalue weighted by Gasteiger charge is 2.19. The van der Waals surface area contributed by atoms with Crippen LogP contribution >= 0.6 is 0 Å². The van der Waals surface area contributed by atoms with Crippen LogP contribution in [-0.2, 0) is 10.0 Å². The molecule has 1 N–H and O–H groups in total. The van der Waals surface area contributed by atoms with Gasteiger partial charge in [0.25, 0.3) is 10.0 Å². The van der Waals surface area contributed by atoms with Crippen molar-refractivity contribution in [2.24, 2.45) is 0 Å². The molecule has 1 saturated carbocycles. The van der Waals surface area contributed by atoms with Gasteiger partial charge in [-0.1, -0.05) is 0 Å². The van der Waals surface area contributed by atoms with Crippen LogP contribution < -0.4 is 18.9 Å². The lowest BCUT2D eigenvalue weighted by Crippen LogP contribution is -2.14. The zero-order valence-corrected chi connectivity index (χ0v) is 15.7. The quantitative estimate of drug-likeness (QED) is 0.794. The van der Waals surface area contributed by atoms with Crippen LogP contribution in [0.1, 0.15) is 25.7 Å². The van der Waals surface area contributed by atoms with Gasteiger partial charge in [0.1, 0.15) is 17.2 Å². The van der Waals surface area contributed by atoms with Gasteiger partial charge in [0, 0.05) is 6.07 Å². The number of sulfonamides is 1. The Bertz CT molecular complexity index is 843. The molecule has 0 amide bonds. The van der Waals surface area contributed by atoms with Gasteiger partial charge in [-0.05, 0) is 62.1 Å². The van der Waals surface area contributed by atoms with E-state index in [0.717, 1.165) is 12.8 Å². The third kappa shape index (κ3) is 4.22. The number of methoxy groups -OCH3 is 2. The van der Waals surface area contributed by atoms with E-state index in [-0.39, 0.29) is 11.0 Å². The Morgan fingerprint density at radius 1 is 0.923 bits per heavy atom. The standard InChI is InChI=1S/C19H23NO5S/c1-23-16-9-12-18(19(13-16)24-2)20-26(21,22)17-10-7-15(8-11-17)25-14-5-3-4-6-14/h7-14,20H,3-6H2,1-2H3. The monoisotopic (exact) mass is 377 g/mol. The first kappa shape index (κ1) is 18.4. The van der Waals surface area contributed by atoms with Gasteiger partial charge in [0.05, 0.1) is 30.9 Å². The highest BCUT2D eigenvalue weighted by molar-refractivity contribution is 7.92. The van der Waals surface area contributed by atoms with Crippen LogP contribution in [0, 0.1) is 0 Å². The molecule has 6 nitrogen and oxygen atoms in total. The van der Waals surface area contributed by atoms with E-state index in [4.69, 9.17) is 14.2 Å². The first-order valence-corrected chi connectivity index (χ1v) is 10.0. The SMILES string of the molecule is COc1ccc(NS(=O)(=O)c2ccc(OC3CCCC3)cc2)c(OC)c1. The third-order valence-electron chi connectivity index (χ3n) is 4.39. The summed E-state index contributed by atoms with van der Waals surface area (Å²) in [6, 6.07) is 11.4. The van der Waals surface area contributed by atoms with Crippen molar-refractivity contribution >= 4 is 15.7 Å². The molecule has 0 atom stereocenters. The second kappa shape index (κ2) is 7.86. The first-order valence-electron chi connectivity index (χ1n) is 8.53. The summed E-state index contributed by atoms with van der Waals surface area (Å²) >= 11 is 0. The molecule has 140 valence electrons. The van der Waals surface area contributed by atoms with Gasteiger partial charge in [0.15, 0.2) is 0 Å². The van der Waals surface area contributed by atoms with Gasteiger partial charge in [-0.25, -0.2) is 8.42 Å². The second-order valence-corrected chi connectivity index (χ2v) is 7.85. The molecule has 0 heterocycles. The molecule has 0 bridgehead atoms. The van der Waals surface area contributed by atoms with E-state index in [9.17, 15) is 8.42 Å². The Morgan fingerprint density at radius 2 is 1.58 bits per heavy atom. The number of rotatable bonds is 7. The van der Waals surface area contributed by atoms with Crippen molar-refractivity contribution in [3.63, 3.8) is 0 Å². The van der Waals surface area contributed by atoms with Crippen molar-refractivity contribution in [2.45, 2.75) is 36.7 Å². The van der Waals surface area contributed by atoms with E-state index in [1.165, 1.54) is 27.1 Å². The fourth-order valence-corrected chi connectivity index (χ4v) is 4.05. The second-order valence-electron chi connectivity index (χ2n) is 6.17. The van der Waals surface area contributed by atoms with Crippen LogP contribution in [-0.4, -0.2) is 28.7 Å². The molecule has 7 heteroatoms. The summed E-state index contributed by atoms with van der Waals surface area (Å²) < 4.78 is 44.1. The number of hydrogen-bond acceptors (Lipinski definition) is 5. The van der Waals surface area contributed by atoms with Gasteiger partial charge in [-0.3, -0.25) is 4.72 Å². The summed E-state index contributed by atoms with van der Waals surface area (Å²) in [5.74, 6) is 1.66. The minimum absolute atomic E-state index is 0.161. The van der Waals surface area contributed by atoms with E-state index in [1.54, 1.807) is 42.5 Å². The molecule has 0 radical (unpaired) electrons. The topological polar surface area (TPSA) is 73.9 Å². The highest BCUT2D eigenvalue weighted by atomic mass is 32.2. The maximum absolute atomic E-state index is 12.6. The molecule has 2 aromatic rings. The van der Waals surface area contributed by atoms with E-state index in [1.807, 2.05) is 0 Å². The maximum atomic E-state index is 12.6. The summed E-state index contributed by atoms with van der Waals surface area (Å²) in [6.45, 7) is 0. The molecule has 3 rings (SSSR count). The van der Waals surface area contributed by atoms with E-state index in [2.05, 4.69) is 4.72 Å². The molecule has 2 aromatic carbocycles. The molecular formula is C19H23NO5S. The molecule has 0 unspecified atom stereocenters. The molecule has 1 aliphatic rings. The fourth-order valence-electron chi connectivity index (χ4n) is 2.98. The van der Waals surface area contributed by atoms with Crippen LogP contribution in [0.25, 0.3) is 0 Å². The van der Waals surface area contributed by atoms with Gasteiger partial charge >= 0.3 is 0 Å². The lowest BCUT2D eigenvalue weighted by molar-refractivity contribution is 0.210. The van der Waals surface area contributed by atoms with Crippen molar-refractivity contribution < 1.29 is 22.6 Å². The van der Waals surface area contributed by atoms with Gasteiger partial charge in [-0.15, -0.1) is 0 Å². The Hall–Kier alpha value is -2.41. The van der Waals surface area contributed by atoms with Gasteiger partial charge in [-0.2, -0.15) is 0 Å². The predicted octanol–water partition coefficient (Wildman–Crippen LogP) is 3.83. The Kier molecular flexibility index (Phi) is 5.56. The maximum Gasteiger partial charge on any atom is 0.262 e. The van der Waals surface area contributed by atoms with Gasteiger partial charge < -0.3 is 14.2 Å². The molecule has 1 aliphatic carbocycles. The van der Waals surface area contributed by atoms with E-state index in [0.29, 0.717) is 22.9 Å². The average Bonchev–Trinajstić information content (AvgIpc) is 3.15. The minimum Gasteiger partial charge on any atom is -0.497 e. The number of hydrogen-bond donors (Lipinski definition) is 1. The fraction of sp³-hybridized carbons (Fsp3) is 0.368. The van der Waals surface area contributed by atoms with Crippen molar-refractivity contribution in [1.29, 1.82) is 0 Å². The number of anilines is 1. The Morgan fingerprint density at radius 3 is 2.19 bits per heavy atom. The van der Waals surface area contributed by atoms with E-state index < -0.39 is 10.0 Å². The molecule has 1 fully saturated rings. The number of benzene rings is 2. The Labute approximate surface area is 154 Å². The summed E-state index contributed by atoms with van der Waals surface area (Å²) in [5, 5.41) is 0. The van der Waals surface area contributed by atoms with Crippen LogP contribution in [0.5, 0.6) is 17.2 Å². The predicted molar refractivity (Wildman–Crippen MR) is 99.7 cm³/mol. The smallest absolute Gasteiger partial charge is 0.262 e. The lowest BCUT2D eigenvalue weighted by atomic mass is 10.3. The van der Waals surface area contributed by atoms with Crippen LogP contribution in [0.15, 0.2) is 47.4 Å². The average molecular weight is 377 g/mol. The molecule has 0 aromatic heterocycles. The van der Waals surface area contributed by atoms with Gasteiger partial charge in [0.2, 0.25) is 0 Å². The first-order chi connectivity index (χ1) is 12.5. The van der Waals surface area contributed by atoms with E-state index >= 15 is 0 Å². The molecule has 0 saturated heterocycles. The van der Waals surface area contributed by atoms with Crippen molar-refractivity contribution in [3.8, 4) is 17.2 Å². The highest BCUT2D eigenvalue weighted by Crippen LogP contribution is 2.31. The van der Waals surface area contributed by atoms with Crippen LogP contribution in [0.4, 0.5) is 5.69 Å². The van der Waals surface area contributed by atoms with Crippen LogP contribution in [0.2, 0.25) is 0 Å². The van der Waals surface area contributed by atoms with Crippen LogP contribution in [0.3, 0.4) is 0 Å². The number of ether oxygens (including phenoxy) is 3. The molecular weight excluding hydrogens is 354 g/mol. The Balaban J connectivity index is 1.75. The van der Waals surface area contributed by atoms with Crippen molar-refractivity contribution in [1.82, 2.24) is 0 Å². The normalized spacial score (nSPS) is 14.8. The van der Waals surface area contributed by atoms with Crippen molar-refractivity contribution in [3.05, 3.63) is 42.5 Å². The zero-order chi connectivity index (χ0) is 18.6. The summed E-state index contributed by atoms with van der Waals surface area (Å²) in [4.78, 5) is 0.161. The summed E-state index contributed by atoms with van der Waals surface area (Å²) in [5.41, 5.74) is 0.347. The third-order valence-corrected chi connectivity index (χ3v) is 5.77. The largest absolute Gasteiger partial charge is 0.497 e. The summed E-state index contributed by atoms with van der Waals surface area (Å²) in [7, 11) is -0.726. The molecule has 26 heavy (non-hydrogen) atoms.